The highest BCUT2D eigenvalue weighted by atomic mass is 16.5. The van der Waals surface area contributed by atoms with Gasteiger partial charge in [-0.1, -0.05) is 54.1 Å². The molecule has 4 aromatic carbocycles. The summed E-state index contributed by atoms with van der Waals surface area (Å²) in [7, 11) is 1.54. The Morgan fingerprint density at radius 2 is 1.39 bits per heavy atom. The number of hydrogen-bond donors (Lipinski definition) is 1. The molecule has 0 bridgehead atoms. The third kappa shape index (κ3) is 5.85. The lowest BCUT2D eigenvalue weighted by Crippen LogP contribution is -2.20. The standard InChI is InChI=1S/C30H25NO5/c1-20-11-13-23(14-12-20)29(33)31-25-10-6-9-24(19-25)30(34)36-28(22-7-4-3-5-8-22)27(32)21-15-17-26(35-2)18-16-21/h3-19,28H,1-2H3,(H,31,33)/t28-/m0/s1. The Bertz CT molecular complexity index is 1360. The van der Waals surface area contributed by atoms with E-state index in [0.29, 0.717) is 28.1 Å². The topological polar surface area (TPSA) is 81.7 Å². The van der Waals surface area contributed by atoms with Gasteiger partial charge in [-0.2, -0.15) is 0 Å². The minimum absolute atomic E-state index is 0.208. The molecule has 4 rings (SSSR count). The number of anilines is 1. The van der Waals surface area contributed by atoms with E-state index in [-0.39, 0.29) is 17.3 Å². The number of ketones is 1. The maximum Gasteiger partial charge on any atom is 0.339 e. The normalized spacial score (nSPS) is 11.3. The molecule has 0 fully saturated rings. The van der Waals surface area contributed by atoms with Gasteiger partial charge in [0.15, 0.2) is 6.10 Å². The monoisotopic (exact) mass is 479 g/mol. The third-order valence-electron chi connectivity index (χ3n) is 5.61. The van der Waals surface area contributed by atoms with Gasteiger partial charge < -0.3 is 14.8 Å². The van der Waals surface area contributed by atoms with Gasteiger partial charge in [-0.3, -0.25) is 9.59 Å². The Labute approximate surface area is 209 Å². The summed E-state index contributed by atoms with van der Waals surface area (Å²) in [5, 5.41) is 2.79. The van der Waals surface area contributed by atoms with Crippen molar-refractivity contribution in [2.45, 2.75) is 13.0 Å². The predicted octanol–water partition coefficient (Wildman–Crippen LogP) is 6.04. The number of Topliss-reactive ketones (excluding diaryl/α,β-unsaturated/α-hetero) is 1. The van der Waals surface area contributed by atoms with Crippen molar-refractivity contribution in [3.05, 3.63) is 131 Å². The number of amides is 1. The van der Waals surface area contributed by atoms with E-state index in [1.165, 1.54) is 6.07 Å². The Kier molecular flexibility index (Phi) is 7.56. The molecule has 6 heteroatoms. The molecule has 6 nitrogen and oxygen atoms in total. The van der Waals surface area contributed by atoms with Crippen molar-refractivity contribution in [3.63, 3.8) is 0 Å². The maximum atomic E-state index is 13.3. The van der Waals surface area contributed by atoms with Crippen LogP contribution in [0.1, 0.15) is 48.3 Å². The molecular weight excluding hydrogens is 454 g/mol. The molecule has 0 radical (unpaired) electrons. The van der Waals surface area contributed by atoms with Crippen LogP contribution in [0.15, 0.2) is 103 Å². The van der Waals surface area contributed by atoms with Crippen LogP contribution in [-0.4, -0.2) is 24.8 Å². The highest BCUT2D eigenvalue weighted by Crippen LogP contribution is 2.26. The number of aryl methyl sites for hydroxylation is 1. The number of hydrogen-bond acceptors (Lipinski definition) is 5. The van der Waals surface area contributed by atoms with Crippen LogP contribution in [0.5, 0.6) is 5.75 Å². The van der Waals surface area contributed by atoms with E-state index in [9.17, 15) is 14.4 Å². The van der Waals surface area contributed by atoms with Gasteiger partial charge in [0.05, 0.1) is 12.7 Å². The van der Waals surface area contributed by atoms with E-state index in [0.717, 1.165) is 5.56 Å². The number of rotatable bonds is 8. The zero-order valence-corrected chi connectivity index (χ0v) is 19.9. The lowest BCUT2D eigenvalue weighted by molar-refractivity contribution is 0.0280. The van der Waals surface area contributed by atoms with Crippen LogP contribution in [0, 0.1) is 6.92 Å². The summed E-state index contributed by atoms with van der Waals surface area (Å²) in [5.74, 6) is -0.722. The fraction of sp³-hybridized carbons (Fsp3) is 0.100. The summed E-state index contributed by atoms with van der Waals surface area (Å²) in [5.41, 5.74) is 3.14. The van der Waals surface area contributed by atoms with E-state index in [4.69, 9.17) is 9.47 Å². The molecule has 0 aliphatic carbocycles. The van der Waals surface area contributed by atoms with E-state index in [1.807, 2.05) is 25.1 Å². The molecule has 0 saturated carbocycles. The van der Waals surface area contributed by atoms with Crippen LogP contribution in [0.2, 0.25) is 0 Å². The predicted molar refractivity (Wildman–Crippen MR) is 137 cm³/mol. The first-order valence-corrected chi connectivity index (χ1v) is 11.4. The molecule has 0 heterocycles. The molecule has 1 atom stereocenters. The SMILES string of the molecule is COc1ccc(C(=O)[C@@H](OC(=O)c2cccc(NC(=O)c3ccc(C)cc3)c2)c2ccccc2)cc1. The van der Waals surface area contributed by atoms with Gasteiger partial charge in [-0.15, -0.1) is 0 Å². The summed E-state index contributed by atoms with van der Waals surface area (Å²) >= 11 is 0. The number of carbonyl (C=O) groups excluding carboxylic acids is 3. The molecular formula is C30H25NO5. The fourth-order valence-electron chi connectivity index (χ4n) is 3.61. The Balaban J connectivity index is 1.54. The molecule has 4 aromatic rings. The quantitative estimate of drug-likeness (QED) is 0.246. The summed E-state index contributed by atoms with van der Waals surface area (Å²) in [6.07, 6.45) is -1.14. The van der Waals surface area contributed by atoms with Crippen LogP contribution >= 0.6 is 0 Å². The van der Waals surface area contributed by atoms with E-state index in [1.54, 1.807) is 86.0 Å². The van der Waals surface area contributed by atoms with E-state index < -0.39 is 12.1 Å². The maximum absolute atomic E-state index is 13.3. The number of carbonyl (C=O) groups is 3. The molecule has 0 aliphatic heterocycles. The second-order valence-corrected chi connectivity index (χ2v) is 8.19. The summed E-state index contributed by atoms with van der Waals surface area (Å²) in [6, 6.07) is 29.1. The van der Waals surface area contributed by atoms with Crippen LogP contribution in [0.3, 0.4) is 0 Å². The van der Waals surface area contributed by atoms with Gasteiger partial charge in [0.1, 0.15) is 5.75 Å². The molecule has 0 aromatic heterocycles. The van der Waals surface area contributed by atoms with E-state index >= 15 is 0 Å². The lowest BCUT2D eigenvalue weighted by atomic mass is 9.99. The number of ether oxygens (including phenoxy) is 2. The zero-order valence-electron chi connectivity index (χ0n) is 19.9. The fourth-order valence-corrected chi connectivity index (χ4v) is 3.61. The van der Waals surface area contributed by atoms with Gasteiger partial charge in [0.2, 0.25) is 5.78 Å². The Morgan fingerprint density at radius 1 is 0.722 bits per heavy atom. The highest BCUT2D eigenvalue weighted by molar-refractivity contribution is 6.05. The molecule has 36 heavy (non-hydrogen) atoms. The average Bonchev–Trinajstić information content (AvgIpc) is 2.92. The first-order valence-electron chi connectivity index (χ1n) is 11.4. The van der Waals surface area contributed by atoms with Crippen LogP contribution < -0.4 is 10.1 Å². The van der Waals surface area contributed by atoms with Gasteiger partial charge in [-0.05, 0) is 61.5 Å². The molecule has 1 N–H and O–H groups in total. The second-order valence-electron chi connectivity index (χ2n) is 8.19. The molecule has 0 saturated heterocycles. The number of benzene rings is 4. The molecule has 180 valence electrons. The van der Waals surface area contributed by atoms with Crippen molar-refractivity contribution in [1.29, 1.82) is 0 Å². The van der Waals surface area contributed by atoms with Crippen LogP contribution in [0.25, 0.3) is 0 Å². The zero-order chi connectivity index (χ0) is 25.5. The summed E-state index contributed by atoms with van der Waals surface area (Å²) < 4.78 is 10.9. The minimum Gasteiger partial charge on any atom is -0.497 e. The van der Waals surface area contributed by atoms with Crippen molar-refractivity contribution >= 4 is 23.3 Å². The minimum atomic E-state index is -1.14. The molecule has 0 spiro atoms. The smallest absolute Gasteiger partial charge is 0.339 e. The van der Waals surface area contributed by atoms with Gasteiger partial charge >= 0.3 is 5.97 Å². The van der Waals surface area contributed by atoms with Crippen LogP contribution in [-0.2, 0) is 4.74 Å². The van der Waals surface area contributed by atoms with Crippen molar-refractivity contribution in [2.24, 2.45) is 0 Å². The van der Waals surface area contributed by atoms with Crippen molar-refractivity contribution in [3.8, 4) is 5.75 Å². The largest absolute Gasteiger partial charge is 0.497 e. The summed E-state index contributed by atoms with van der Waals surface area (Å²) in [4.78, 5) is 39.0. The van der Waals surface area contributed by atoms with Crippen LogP contribution in [0.4, 0.5) is 5.69 Å². The molecule has 0 aliphatic rings. The van der Waals surface area contributed by atoms with E-state index in [2.05, 4.69) is 5.32 Å². The Hall–Kier alpha value is -4.71. The van der Waals surface area contributed by atoms with Crippen molar-refractivity contribution < 1.29 is 23.9 Å². The third-order valence-corrected chi connectivity index (χ3v) is 5.61. The van der Waals surface area contributed by atoms with Crippen molar-refractivity contribution in [1.82, 2.24) is 0 Å². The van der Waals surface area contributed by atoms with Gasteiger partial charge in [0.25, 0.3) is 5.91 Å². The first kappa shape index (κ1) is 24.4. The molecule has 0 unspecified atom stereocenters. The first-order chi connectivity index (χ1) is 17.4. The highest BCUT2D eigenvalue weighted by Gasteiger charge is 2.27. The lowest BCUT2D eigenvalue weighted by Gasteiger charge is -2.18. The number of methoxy groups -OCH3 is 1. The average molecular weight is 480 g/mol. The summed E-state index contributed by atoms with van der Waals surface area (Å²) in [6.45, 7) is 1.94. The second kappa shape index (κ2) is 11.1. The van der Waals surface area contributed by atoms with Gasteiger partial charge in [0, 0.05) is 22.4 Å². The Morgan fingerprint density at radius 3 is 2.06 bits per heavy atom. The molecule has 1 amide bonds. The van der Waals surface area contributed by atoms with Crippen molar-refractivity contribution in [2.75, 3.05) is 12.4 Å². The number of esters is 1. The van der Waals surface area contributed by atoms with Gasteiger partial charge in [-0.25, -0.2) is 4.79 Å². The number of nitrogens with one attached hydrogen (secondary N) is 1.